The number of ether oxygens (including phenoxy) is 1. The second kappa shape index (κ2) is 7.85. The molecule has 7 heteroatoms. The van der Waals surface area contributed by atoms with Gasteiger partial charge in [-0.25, -0.2) is 0 Å². The van der Waals surface area contributed by atoms with Gasteiger partial charge in [-0.1, -0.05) is 43.3 Å². The van der Waals surface area contributed by atoms with Crippen LogP contribution in [0, 0.1) is 5.92 Å². The zero-order valence-electron chi connectivity index (χ0n) is 13.6. The molecule has 0 aliphatic carbocycles. The number of nitrogens with two attached hydrogens (primary N) is 1. The number of amides is 1. The van der Waals surface area contributed by atoms with Crippen molar-refractivity contribution in [2.75, 3.05) is 13.7 Å². The van der Waals surface area contributed by atoms with E-state index in [1.807, 2.05) is 38.1 Å². The van der Waals surface area contributed by atoms with Gasteiger partial charge in [-0.05, 0) is 11.5 Å². The Kier molecular flexibility index (Phi) is 5.84. The molecule has 2 aromatic rings. The summed E-state index contributed by atoms with van der Waals surface area (Å²) in [5.74, 6) is 0.736. The molecular weight excluding hydrogens is 296 g/mol. The van der Waals surface area contributed by atoms with Crippen LogP contribution in [0.5, 0.6) is 0 Å². The molecule has 124 valence electrons. The van der Waals surface area contributed by atoms with Crippen LogP contribution >= 0.6 is 0 Å². The predicted molar refractivity (Wildman–Crippen MR) is 85.2 cm³/mol. The summed E-state index contributed by atoms with van der Waals surface area (Å²) in [6.45, 7) is 4.42. The molecule has 7 nitrogen and oxygen atoms in total. The smallest absolute Gasteiger partial charge is 0.249 e. The fourth-order valence-corrected chi connectivity index (χ4v) is 2.13. The van der Waals surface area contributed by atoms with Crippen molar-refractivity contribution in [1.82, 2.24) is 15.5 Å². The molecule has 1 atom stereocenters. The first-order chi connectivity index (χ1) is 11.0. The molecule has 0 bridgehead atoms. The van der Waals surface area contributed by atoms with E-state index in [4.69, 9.17) is 15.0 Å². The zero-order valence-corrected chi connectivity index (χ0v) is 13.6. The summed E-state index contributed by atoms with van der Waals surface area (Å²) in [5.41, 5.74) is 7.45. The van der Waals surface area contributed by atoms with E-state index in [1.165, 1.54) is 7.11 Å². The Morgan fingerprint density at radius 2 is 2.04 bits per heavy atom. The zero-order chi connectivity index (χ0) is 16.8. The summed E-state index contributed by atoms with van der Waals surface area (Å²) in [6.07, 6.45) is 0. The fraction of sp³-hybridized carbons (Fsp3) is 0.438. The highest BCUT2D eigenvalue weighted by atomic mass is 16.5. The lowest BCUT2D eigenvalue weighted by atomic mass is 10.0. The molecule has 0 saturated heterocycles. The monoisotopic (exact) mass is 318 g/mol. The first-order valence-corrected chi connectivity index (χ1v) is 7.46. The van der Waals surface area contributed by atoms with E-state index in [-0.39, 0.29) is 24.5 Å². The van der Waals surface area contributed by atoms with E-state index in [1.54, 1.807) is 0 Å². The summed E-state index contributed by atoms with van der Waals surface area (Å²) in [7, 11) is 1.47. The maximum absolute atomic E-state index is 11.7. The molecule has 3 N–H and O–H groups in total. The van der Waals surface area contributed by atoms with E-state index >= 15 is 0 Å². The third-order valence-electron chi connectivity index (χ3n) is 3.41. The van der Waals surface area contributed by atoms with Crippen molar-refractivity contribution < 1.29 is 14.1 Å². The lowest BCUT2D eigenvalue weighted by Gasteiger charge is -2.18. The number of hydrogen-bond donors (Lipinski definition) is 2. The lowest BCUT2D eigenvalue weighted by molar-refractivity contribution is -0.126. The van der Waals surface area contributed by atoms with Gasteiger partial charge < -0.3 is 20.3 Å². The first-order valence-electron chi connectivity index (χ1n) is 7.46. The van der Waals surface area contributed by atoms with Gasteiger partial charge in [0.2, 0.25) is 17.6 Å². The first kappa shape index (κ1) is 17.1. The van der Waals surface area contributed by atoms with Gasteiger partial charge in [0, 0.05) is 19.2 Å². The van der Waals surface area contributed by atoms with Crippen molar-refractivity contribution in [3.63, 3.8) is 0 Å². The summed E-state index contributed by atoms with van der Waals surface area (Å²) >= 11 is 0. The standard InChI is InChI=1S/C16H22N4O3/c1-10(2)14(18-13(21)9-22-3)16-19-15(20-23-16)12-6-4-11(8-17)5-7-12/h4-7,10,14H,8-9,17H2,1-3H3,(H,18,21)/t14-/m0/s1. The third-order valence-corrected chi connectivity index (χ3v) is 3.41. The maximum Gasteiger partial charge on any atom is 0.249 e. The Balaban J connectivity index is 2.18. The number of rotatable bonds is 7. The van der Waals surface area contributed by atoms with Gasteiger partial charge in [0.1, 0.15) is 12.6 Å². The van der Waals surface area contributed by atoms with Crippen LogP contribution in [0.4, 0.5) is 0 Å². The largest absolute Gasteiger partial charge is 0.375 e. The highest BCUT2D eigenvalue weighted by molar-refractivity contribution is 5.77. The summed E-state index contributed by atoms with van der Waals surface area (Å²) in [5, 5.41) is 6.84. The minimum absolute atomic E-state index is 0.00916. The summed E-state index contributed by atoms with van der Waals surface area (Å²) in [6, 6.07) is 7.27. The molecule has 0 fully saturated rings. The highest BCUT2D eigenvalue weighted by Gasteiger charge is 2.24. The molecule has 0 spiro atoms. The average molecular weight is 318 g/mol. The molecule has 1 heterocycles. The molecule has 0 saturated carbocycles. The number of aromatic nitrogens is 2. The predicted octanol–water partition coefficient (Wildman–Crippen LogP) is 1.66. The van der Waals surface area contributed by atoms with Gasteiger partial charge in [-0.3, -0.25) is 4.79 Å². The second-order valence-corrected chi connectivity index (χ2v) is 5.58. The van der Waals surface area contributed by atoms with Gasteiger partial charge in [0.05, 0.1) is 0 Å². The van der Waals surface area contributed by atoms with Crippen LogP contribution in [0.3, 0.4) is 0 Å². The van der Waals surface area contributed by atoms with Crippen molar-refractivity contribution >= 4 is 5.91 Å². The quantitative estimate of drug-likeness (QED) is 0.804. The van der Waals surface area contributed by atoms with Crippen LogP contribution in [0.2, 0.25) is 0 Å². The van der Waals surface area contributed by atoms with Crippen LogP contribution in [-0.2, 0) is 16.1 Å². The Bertz CT molecular complexity index is 637. The molecule has 2 rings (SSSR count). The number of hydrogen-bond acceptors (Lipinski definition) is 6. The van der Waals surface area contributed by atoms with Crippen molar-refractivity contribution in [1.29, 1.82) is 0 Å². The molecule has 0 aliphatic heterocycles. The number of nitrogens with zero attached hydrogens (tertiary/aromatic N) is 2. The molecular formula is C16H22N4O3. The highest BCUT2D eigenvalue weighted by Crippen LogP contribution is 2.23. The van der Waals surface area contributed by atoms with Crippen LogP contribution in [-0.4, -0.2) is 29.8 Å². The normalized spacial score (nSPS) is 12.4. The van der Waals surface area contributed by atoms with Gasteiger partial charge in [0.15, 0.2) is 0 Å². The minimum Gasteiger partial charge on any atom is -0.375 e. The fourth-order valence-electron chi connectivity index (χ4n) is 2.13. The van der Waals surface area contributed by atoms with Gasteiger partial charge in [0.25, 0.3) is 0 Å². The Labute approximate surface area is 135 Å². The molecule has 1 aromatic heterocycles. The van der Waals surface area contributed by atoms with Crippen LogP contribution in [0.15, 0.2) is 28.8 Å². The summed E-state index contributed by atoms with van der Waals surface area (Å²) < 4.78 is 10.2. The Morgan fingerprint density at radius 1 is 1.35 bits per heavy atom. The van der Waals surface area contributed by atoms with Crippen molar-refractivity contribution in [3.05, 3.63) is 35.7 Å². The maximum atomic E-state index is 11.7. The topological polar surface area (TPSA) is 103 Å². The van der Waals surface area contributed by atoms with E-state index in [0.29, 0.717) is 18.3 Å². The van der Waals surface area contributed by atoms with E-state index in [0.717, 1.165) is 11.1 Å². The van der Waals surface area contributed by atoms with Gasteiger partial charge in [-0.2, -0.15) is 4.98 Å². The van der Waals surface area contributed by atoms with E-state index < -0.39 is 0 Å². The van der Waals surface area contributed by atoms with E-state index in [9.17, 15) is 4.79 Å². The molecule has 1 aromatic carbocycles. The molecule has 0 unspecified atom stereocenters. The average Bonchev–Trinajstić information content (AvgIpc) is 3.02. The Morgan fingerprint density at radius 3 is 2.61 bits per heavy atom. The minimum atomic E-state index is -0.359. The third kappa shape index (κ3) is 4.37. The number of carbonyl (C=O) groups excluding carboxylic acids is 1. The van der Waals surface area contributed by atoms with Crippen molar-refractivity contribution in [2.45, 2.75) is 26.4 Å². The number of nitrogens with one attached hydrogen (secondary N) is 1. The summed E-state index contributed by atoms with van der Waals surface area (Å²) in [4.78, 5) is 16.1. The molecule has 0 aliphatic rings. The van der Waals surface area contributed by atoms with Gasteiger partial charge in [-0.15, -0.1) is 0 Å². The number of benzene rings is 1. The van der Waals surface area contributed by atoms with Crippen LogP contribution < -0.4 is 11.1 Å². The molecule has 23 heavy (non-hydrogen) atoms. The molecule has 0 radical (unpaired) electrons. The van der Waals surface area contributed by atoms with Crippen LogP contribution in [0.25, 0.3) is 11.4 Å². The van der Waals surface area contributed by atoms with Crippen molar-refractivity contribution in [2.24, 2.45) is 11.7 Å². The molecule has 1 amide bonds. The second-order valence-electron chi connectivity index (χ2n) is 5.58. The SMILES string of the molecule is COCC(=O)N[C@H](c1nc(-c2ccc(CN)cc2)no1)C(C)C. The van der Waals surface area contributed by atoms with E-state index in [2.05, 4.69) is 15.5 Å². The van der Waals surface area contributed by atoms with Crippen LogP contribution in [0.1, 0.15) is 31.3 Å². The van der Waals surface area contributed by atoms with Gasteiger partial charge >= 0.3 is 0 Å². The Hall–Kier alpha value is -2.25. The number of carbonyl (C=O) groups is 1. The lowest BCUT2D eigenvalue weighted by Crippen LogP contribution is -2.34. The van der Waals surface area contributed by atoms with Crippen molar-refractivity contribution in [3.8, 4) is 11.4 Å². The number of methoxy groups -OCH3 is 1.